The van der Waals surface area contributed by atoms with Gasteiger partial charge in [0.2, 0.25) is 0 Å². The minimum atomic E-state index is -4.50. The van der Waals surface area contributed by atoms with Crippen LogP contribution in [-0.2, 0) is 6.18 Å². The van der Waals surface area contributed by atoms with Crippen molar-refractivity contribution in [3.8, 4) is 0 Å². The first-order chi connectivity index (χ1) is 9.82. The summed E-state index contributed by atoms with van der Waals surface area (Å²) in [4.78, 5) is 14.3. The number of nitrogens with zero attached hydrogens (tertiary/aromatic N) is 1. The maximum absolute atomic E-state index is 13.2. The molecule has 2 heterocycles. The lowest BCUT2D eigenvalue weighted by Gasteiger charge is -2.40. The number of nitrogens with one attached hydrogen (secondary N) is 1. The Morgan fingerprint density at radius 1 is 1.29 bits per heavy atom. The molecular formula is C15H17F3N2O. The van der Waals surface area contributed by atoms with Crippen LogP contribution >= 0.6 is 0 Å². The molecule has 1 saturated heterocycles. The number of hydrogen-bond acceptors (Lipinski definition) is 2. The van der Waals surface area contributed by atoms with Crippen LogP contribution in [0.2, 0.25) is 0 Å². The fourth-order valence-corrected chi connectivity index (χ4v) is 3.36. The summed E-state index contributed by atoms with van der Waals surface area (Å²) in [5, 5.41) is 3.23. The highest BCUT2D eigenvalue weighted by molar-refractivity contribution is 6.01. The molecule has 0 aromatic heterocycles. The topological polar surface area (TPSA) is 32.3 Å². The Kier molecular flexibility index (Phi) is 3.24. The van der Waals surface area contributed by atoms with Crippen LogP contribution < -0.4 is 5.32 Å². The Labute approximate surface area is 121 Å². The van der Waals surface area contributed by atoms with Gasteiger partial charge >= 0.3 is 6.18 Å². The number of halogens is 3. The van der Waals surface area contributed by atoms with Gasteiger partial charge in [-0.05, 0) is 17.5 Å². The second-order valence-corrected chi connectivity index (χ2v) is 5.97. The molecule has 0 radical (unpaired) electrons. The first-order valence-electron chi connectivity index (χ1n) is 7.06. The molecule has 1 N–H and O–H groups in total. The van der Waals surface area contributed by atoms with Gasteiger partial charge < -0.3 is 10.2 Å². The molecule has 0 aliphatic carbocycles. The van der Waals surface area contributed by atoms with Crippen LogP contribution in [0.1, 0.15) is 41.4 Å². The highest BCUT2D eigenvalue weighted by Gasteiger charge is 2.48. The fourth-order valence-electron chi connectivity index (χ4n) is 3.36. The van der Waals surface area contributed by atoms with E-state index >= 15 is 0 Å². The molecule has 0 saturated carbocycles. The predicted molar refractivity (Wildman–Crippen MR) is 71.9 cm³/mol. The smallest absolute Gasteiger partial charge is 0.326 e. The molecule has 1 amide bonds. The van der Waals surface area contributed by atoms with Gasteiger partial charge in [-0.2, -0.15) is 13.2 Å². The SMILES string of the molecule is CC(C)C1CNCC2c3cccc(C(F)(F)F)c3C(=O)N21. The number of benzene rings is 1. The third kappa shape index (κ3) is 2.12. The van der Waals surface area contributed by atoms with Gasteiger partial charge in [0.1, 0.15) is 0 Å². The number of amides is 1. The fraction of sp³-hybridized carbons (Fsp3) is 0.533. The summed E-state index contributed by atoms with van der Waals surface area (Å²) in [7, 11) is 0. The Morgan fingerprint density at radius 3 is 2.62 bits per heavy atom. The number of carbonyl (C=O) groups excluding carboxylic acids is 1. The molecular weight excluding hydrogens is 281 g/mol. The van der Waals surface area contributed by atoms with Gasteiger partial charge in [-0.25, -0.2) is 0 Å². The van der Waals surface area contributed by atoms with Crippen LogP contribution in [0.25, 0.3) is 0 Å². The summed E-state index contributed by atoms with van der Waals surface area (Å²) in [6.07, 6.45) is -4.50. The van der Waals surface area contributed by atoms with Crippen molar-refractivity contribution in [1.82, 2.24) is 10.2 Å². The maximum atomic E-state index is 13.2. The van der Waals surface area contributed by atoms with E-state index in [1.807, 2.05) is 13.8 Å². The van der Waals surface area contributed by atoms with Gasteiger partial charge in [0, 0.05) is 19.1 Å². The number of piperazine rings is 1. The summed E-state index contributed by atoms with van der Waals surface area (Å²) in [5.74, 6) is -0.295. The third-order valence-electron chi connectivity index (χ3n) is 4.36. The molecule has 114 valence electrons. The lowest BCUT2D eigenvalue weighted by Crippen LogP contribution is -2.54. The van der Waals surface area contributed by atoms with E-state index in [0.717, 1.165) is 6.07 Å². The van der Waals surface area contributed by atoms with Crippen LogP contribution in [0.3, 0.4) is 0 Å². The quantitative estimate of drug-likeness (QED) is 0.864. The van der Waals surface area contributed by atoms with E-state index in [1.54, 1.807) is 11.0 Å². The molecule has 3 rings (SSSR count). The van der Waals surface area contributed by atoms with E-state index in [4.69, 9.17) is 0 Å². The minimum Gasteiger partial charge on any atom is -0.326 e. The highest BCUT2D eigenvalue weighted by atomic mass is 19.4. The number of hydrogen-bond donors (Lipinski definition) is 1. The molecule has 2 atom stereocenters. The van der Waals surface area contributed by atoms with Crippen molar-refractivity contribution in [2.45, 2.75) is 32.1 Å². The Morgan fingerprint density at radius 2 is 2.00 bits per heavy atom. The lowest BCUT2D eigenvalue weighted by molar-refractivity contribution is -0.137. The van der Waals surface area contributed by atoms with E-state index in [0.29, 0.717) is 18.7 Å². The van der Waals surface area contributed by atoms with E-state index < -0.39 is 17.6 Å². The lowest BCUT2D eigenvalue weighted by atomic mass is 9.96. The molecule has 6 heteroatoms. The van der Waals surface area contributed by atoms with Gasteiger partial charge in [0.15, 0.2) is 0 Å². The summed E-state index contributed by atoms with van der Waals surface area (Å²) >= 11 is 0. The number of fused-ring (bicyclic) bond motifs is 3. The number of carbonyl (C=O) groups is 1. The zero-order chi connectivity index (χ0) is 15.4. The zero-order valence-corrected chi connectivity index (χ0v) is 11.9. The molecule has 1 aromatic carbocycles. The molecule has 0 spiro atoms. The Hall–Kier alpha value is -1.56. The second kappa shape index (κ2) is 4.73. The van der Waals surface area contributed by atoms with Crippen LogP contribution in [0.15, 0.2) is 18.2 Å². The monoisotopic (exact) mass is 298 g/mol. The average molecular weight is 298 g/mol. The van der Waals surface area contributed by atoms with Crippen LogP contribution in [0, 0.1) is 5.92 Å². The summed E-state index contributed by atoms with van der Waals surface area (Å²) in [5.41, 5.74) is -0.487. The van der Waals surface area contributed by atoms with Crippen LogP contribution in [0.5, 0.6) is 0 Å². The van der Waals surface area contributed by atoms with E-state index in [-0.39, 0.29) is 23.6 Å². The molecule has 2 aliphatic heterocycles. The van der Waals surface area contributed by atoms with Crippen molar-refractivity contribution in [3.05, 3.63) is 34.9 Å². The van der Waals surface area contributed by atoms with Crippen molar-refractivity contribution in [3.63, 3.8) is 0 Å². The standard InChI is InChI=1S/C15H17F3N2O/c1-8(2)11-6-19-7-12-9-4-3-5-10(15(16,17)18)13(9)14(21)20(11)12/h3-5,8,11-12,19H,6-7H2,1-2H3. The molecule has 21 heavy (non-hydrogen) atoms. The van der Waals surface area contributed by atoms with E-state index in [9.17, 15) is 18.0 Å². The normalized spacial score (nSPS) is 25.2. The van der Waals surface area contributed by atoms with E-state index in [2.05, 4.69) is 5.32 Å². The largest absolute Gasteiger partial charge is 0.417 e. The predicted octanol–water partition coefficient (Wildman–Crippen LogP) is 2.83. The third-order valence-corrected chi connectivity index (χ3v) is 4.36. The summed E-state index contributed by atoms with van der Waals surface area (Å²) < 4.78 is 39.5. The van der Waals surface area contributed by atoms with Crippen LogP contribution in [0.4, 0.5) is 13.2 Å². The first-order valence-corrected chi connectivity index (χ1v) is 7.06. The van der Waals surface area contributed by atoms with Gasteiger partial charge in [0.05, 0.1) is 17.2 Å². The highest BCUT2D eigenvalue weighted by Crippen LogP contribution is 2.43. The Bertz CT molecular complexity index is 583. The van der Waals surface area contributed by atoms with Gasteiger partial charge in [-0.3, -0.25) is 4.79 Å². The van der Waals surface area contributed by atoms with Crippen molar-refractivity contribution < 1.29 is 18.0 Å². The Balaban J connectivity index is 2.12. The molecule has 1 aromatic rings. The first kappa shape index (κ1) is 14.4. The molecule has 1 fully saturated rings. The number of rotatable bonds is 1. The van der Waals surface area contributed by atoms with Crippen molar-refractivity contribution in [2.24, 2.45) is 5.92 Å². The molecule has 2 aliphatic rings. The van der Waals surface area contributed by atoms with Crippen LogP contribution in [-0.4, -0.2) is 29.9 Å². The minimum absolute atomic E-state index is 0.0790. The van der Waals surface area contributed by atoms with Gasteiger partial charge in [-0.1, -0.05) is 26.0 Å². The van der Waals surface area contributed by atoms with Crippen molar-refractivity contribution in [1.29, 1.82) is 0 Å². The van der Waals surface area contributed by atoms with E-state index in [1.165, 1.54) is 6.07 Å². The van der Waals surface area contributed by atoms with Crippen molar-refractivity contribution in [2.75, 3.05) is 13.1 Å². The maximum Gasteiger partial charge on any atom is 0.417 e. The second-order valence-electron chi connectivity index (χ2n) is 5.97. The molecule has 3 nitrogen and oxygen atoms in total. The zero-order valence-electron chi connectivity index (χ0n) is 11.9. The molecule has 2 unspecified atom stereocenters. The van der Waals surface area contributed by atoms with Gasteiger partial charge in [-0.15, -0.1) is 0 Å². The number of alkyl halides is 3. The summed E-state index contributed by atoms with van der Waals surface area (Å²) in [6, 6.07) is 3.64. The van der Waals surface area contributed by atoms with Gasteiger partial charge in [0.25, 0.3) is 5.91 Å². The summed E-state index contributed by atoms with van der Waals surface area (Å²) in [6.45, 7) is 5.09. The average Bonchev–Trinajstić information content (AvgIpc) is 2.71. The molecule has 0 bridgehead atoms. The van der Waals surface area contributed by atoms with Crippen molar-refractivity contribution >= 4 is 5.91 Å².